The van der Waals surface area contributed by atoms with Crippen LogP contribution in [0.25, 0.3) is 5.76 Å². The molecule has 1 amide bonds. The zero-order valence-corrected chi connectivity index (χ0v) is 13.1. The van der Waals surface area contributed by atoms with Crippen molar-refractivity contribution in [2.24, 2.45) is 0 Å². The molecule has 1 N–H and O–H groups in total. The summed E-state index contributed by atoms with van der Waals surface area (Å²) < 4.78 is 5.33. The number of hydrogen-bond acceptors (Lipinski definition) is 4. The van der Waals surface area contributed by atoms with Crippen LogP contribution >= 0.6 is 0 Å². The van der Waals surface area contributed by atoms with Gasteiger partial charge in [0.2, 0.25) is 0 Å². The molecule has 1 unspecified atom stereocenters. The molecule has 0 bridgehead atoms. The number of likely N-dealkylation sites (tertiary alicyclic amines) is 1. The molecular formula is C17H21NO4. The molecule has 118 valence electrons. The minimum atomic E-state index is -0.397. The molecule has 1 heterocycles. The van der Waals surface area contributed by atoms with Crippen molar-refractivity contribution in [3.8, 4) is 5.75 Å². The molecule has 0 spiro atoms. The number of nitrogens with zero attached hydrogens (tertiary/aromatic N) is 1. The summed E-state index contributed by atoms with van der Waals surface area (Å²) in [5, 5.41) is 10.3. The highest BCUT2D eigenvalue weighted by molar-refractivity contribution is 6.28. The van der Waals surface area contributed by atoms with Gasteiger partial charge >= 0.3 is 0 Å². The molecule has 1 aromatic carbocycles. The summed E-state index contributed by atoms with van der Waals surface area (Å²) in [6.07, 6.45) is 0.760. The molecule has 1 saturated heterocycles. The Morgan fingerprint density at radius 1 is 1.27 bits per heavy atom. The summed E-state index contributed by atoms with van der Waals surface area (Å²) in [4.78, 5) is 26.0. The van der Waals surface area contributed by atoms with Crippen molar-refractivity contribution in [3.05, 3.63) is 35.4 Å². The summed E-state index contributed by atoms with van der Waals surface area (Å²) in [7, 11) is 0. The van der Waals surface area contributed by atoms with Crippen LogP contribution in [-0.4, -0.2) is 40.9 Å². The van der Waals surface area contributed by atoms with Crippen molar-refractivity contribution in [1.82, 2.24) is 4.90 Å². The molecule has 1 fully saturated rings. The molecule has 0 radical (unpaired) electrons. The van der Waals surface area contributed by atoms with Gasteiger partial charge in [-0.15, -0.1) is 0 Å². The average molecular weight is 303 g/mol. The van der Waals surface area contributed by atoms with Crippen LogP contribution in [0.2, 0.25) is 0 Å². The fraction of sp³-hybridized carbons (Fsp3) is 0.412. The number of Topliss-reactive ketones (excluding diaryl/α,β-unsaturated/α-hetero) is 1. The Kier molecular flexibility index (Phi) is 4.85. The number of carbonyl (C=O) groups excluding carboxylic acids is 2. The predicted octanol–water partition coefficient (Wildman–Crippen LogP) is 2.56. The third-order valence-electron chi connectivity index (χ3n) is 3.87. The van der Waals surface area contributed by atoms with Crippen LogP contribution < -0.4 is 4.74 Å². The Bertz CT molecular complexity index is 604. The second kappa shape index (κ2) is 6.64. The molecule has 0 aliphatic carbocycles. The molecule has 1 aliphatic heterocycles. The van der Waals surface area contributed by atoms with Gasteiger partial charge < -0.3 is 14.7 Å². The Balaban J connectivity index is 2.32. The average Bonchev–Trinajstić information content (AvgIpc) is 2.82. The van der Waals surface area contributed by atoms with Gasteiger partial charge in [0.25, 0.3) is 5.91 Å². The maximum Gasteiger partial charge on any atom is 0.262 e. The number of hydrogen-bond donors (Lipinski definition) is 1. The number of aliphatic hydroxyl groups excluding tert-OH is 1. The Morgan fingerprint density at radius 2 is 1.91 bits per heavy atom. The minimum Gasteiger partial charge on any atom is -0.506 e. The first-order chi connectivity index (χ1) is 10.5. The summed E-state index contributed by atoms with van der Waals surface area (Å²) in [5.41, 5.74) is 0.315. The largest absolute Gasteiger partial charge is 0.506 e. The molecule has 2 rings (SSSR count). The number of ether oxygens (including phenoxy) is 1. The number of amides is 1. The molecule has 5 heteroatoms. The van der Waals surface area contributed by atoms with Crippen molar-refractivity contribution in [2.75, 3.05) is 13.2 Å². The van der Waals surface area contributed by atoms with E-state index in [2.05, 4.69) is 0 Å². The van der Waals surface area contributed by atoms with Crippen LogP contribution in [0.15, 0.2) is 29.8 Å². The normalized spacial score (nSPS) is 18.6. The molecular weight excluding hydrogens is 282 g/mol. The standard InChI is InChI=1S/C17H21NO4/c1-4-11(3)18-10-14(19)15(17(18)21)16(20)12-6-8-13(9-7-12)22-5-2/h6-9,11,20H,4-5,10H2,1-3H3/b16-15+. The minimum absolute atomic E-state index is 0.0259. The summed E-state index contributed by atoms with van der Waals surface area (Å²) in [6.45, 7) is 6.31. The highest BCUT2D eigenvalue weighted by Crippen LogP contribution is 2.26. The smallest absolute Gasteiger partial charge is 0.262 e. The van der Waals surface area contributed by atoms with E-state index in [1.807, 2.05) is 20.8 Å². The van der Waals surface area contributed by atoms with Crippen LogP contribution in [0.4, 0.5) is 0 Å². The van der Waals surface area contributed by atoms with Crippen LogP contribution in [-0.2, 0) is 9.59 Å². The van der Waals surface area contributed by atoms with E-state index in [-0.39, 0.29) is 29.7 Å². The third kappa shape index (κ3) is 2.98. The zero-order chi connectivity index (χ0) is 16.3. The van der Waals surface area contributed by atoms with E-state index < -0.39 is 5.91 Å². The fourth-order valence-corrected chi connectivity index (χ4v) is 2.40. The van der Waals surface area contributed by atoms with E-state index in [0.29, 0.717) is 17.9 Å². The third-order valence-corrected chi connectivity index (χ3v) is 3.87. The lowest BCUT2D eigenvalue weighted by Gasteiger charge is -2.21. The number of ketones is 1. The topological polar surface area (TPSA) is 66.8 Å². The van der Waals surface area contributed by atoms with Crippen LogP contribution in [0.3, 0.4) is 0 Å². The molecule has 1 atom stereocenters. The Hall–Kier alpha value is -2.30. The lowest BCUT2D eigenvalue weighted by molar-refractivity contribution is -0.126. The van der Waals surface area contributed by atoms with Gasteiger partial charge in [0.05, 0.1) is 13.2 Å². The van der Waals surface area contributed by atoms with Gasteiger partial charge in [-0.2, -0.15) is 0 Å². The second-order valence-corrected chi connectivity index (χ2v) is 5.29. The van der Waals surface area contributed by atoms with Crippen LogP contribution in [0.5, 0.6) is 5.75 Å². The van der Waals surface area contributed by atoms with Gasteiger partial charge in [-0.1, -0.05) is 6.92 Å². The van der Waals surface area contributed by atoms with E-state index in [0.717, 1.165) is 6.42 Å². The van der Waals surface area contributed by atoms with Crippen molar-refractivity contribution in [3.63, 3.8) is 0 Å². The summed E-state index contributed by atoms with van der Waals surface area (Å²) in [6, 6.07) is 6.65. The number of benzene rings is 1. The SMILES string of the molecule is CCOc1ccc(/C(O)=C2/C(=O)CN(C(C)CC)C2=O)cc1. The van der Waals surface area contributed by atoms with Crippen LogP contribution in [0.1, 0.15) is 32.8 Å². The first-order valence-corrected chi connectivity index (χ1v) is 7.50. The predicted molar refractivity (Wildman–Crippen MR) is 83.6 cm³/mol. The number of carbonyl (C=O) groups is 2. The summed E-state index contributed by atoms with van der Waals surface area (Å²) in [5.74, 6) is -0.319. The first kappa shape index (κ1) is 16.1. The van der Waals surface area contributed by atoms with E-state index in [4.69, 9.17) is 4.74 Å². The second-order valence-electron chi connectivity index (χ2n) is 5.29. The lowest BCUT2D eigenvalue weighted by Crippen LogP contribution is -2.34. The van der Waals surface area contributed by atoms with Crippen molar-refractivity contribution in [1.29, 1.82) is 0 Å². The Morgan fingerprint density at radius 3 is 2.45 bits per heavy atom. The quantitative estimate of drug-likeness (QED) is 0.516. The zero-order valence-electron chi connectivity index (χ0n) is 13.1. The molecule has 5 nitrogen and oxygen atoms in total. The van der Waals surface area contributed by atoms with E-state index in [9.17, 15) is 14.7 Å². The van der Waals surface area contributed by atoms with Gasteiger partial charge in [-0.05, 0) is 44.5 Å². The van der Waals surface area contributed by atoms with Gasteiger partial charge in [0.1, 0.15) is 17.1 Å². The van der Waals surface area contributed by atoms with Gasteiger partial charge in [-0.3, -0.25) is 9.59 Å². The Labute approximate surface area is 130 Å². The molecule has 1 aromatic rings. The fourth-order valence-electron chi connectivity index (χ4n) is 2.40. The molecule has 22 heavy (non-hydrogen) atoms. The maximum absolute atomic E-state index is 12.4. The lowest BCUT2D eigenvalue weighted by atomic mass is 10.1. The van der Waals surface area contributed by atoms with Crippen molar-refractivity contribution >= 4 is 17.4 Å². The first-order valence-electron chi connectivity index (χ1n) is 7.50. The van der Waals surface area contributed by atoms with Gasteiger partial charge in [0.15, 0.2) is 5.78 Å². The van der Waals surface area contributed by atoms with E-state index in [1.54, 1.807) is 24.3 Å². The number of rotatable bonds is 5. The molecule has 1 aliphatic rings. The maximum atomic E-state index is 12.4. The van der Waals surface area contributed by atoms with Gasteiger partial charge in [0, 0.05) is 11.6 Å². The van der Waals surface area contributed by atoms with Crippen molar-refractivity contribution < 1.29 is 19.4 Å². The van der Waals surface area contributed by atoms with E-state index >= 15 is 0 Å². The molecule has 0 saturated carbocycles. The van der Waals surface area contributed by atoms with Crippen molar-refractivity contribution in [2.45, 2.75) is 33.2 Å². The monoisotopic (exact) mass is 303 g/mol. The van der Waals surface area contributed by atoms with Crippen LogP contribution in [0, 0.1) is 0 Å². The summed E-state index contributed by atoms with van der Waals surface area (Å²) >= 11 is 0. The highest BCUT2D eigenvalue weighted by atomic mass is 16.5. The number of aliphatic hydroxyl groups is 1. The highest BCUT2D eigenvalue weighted by Gasteiger charge is 2.38. The van der Waals surface area contributed by atoms with Gasteiger partial charge in [-0.25, -0.2) is 0 Å². The molecule has 0 aromatic heterocycles. The van der Waals surface area contributed by atoms with E-state index in [1.165, 1.54) is 4.90 Å².